The van der Waals surface area contributed by atoms with E-state index in [2.05, 4.69) is 21.3 Å². The van der Waals surface area contributed by atoms with Gasteiger partial charge in [0.1, 0.15) is 27.7 Å². The van der Waals surface area contributed by atoms with Crippen LogP contribution >= 0.6 is 27.7 Å². The molecule has 0 aromatic heterocycles. The second-order valence-electron chi connectivity index (χ2n) is 11.3. The zero-order valence-corrected chi connectivity index (χ0v) is 24.8. The maximum absolute atomic E-state index is 13.9. The van der Waals surface area contributed by atoms with E-state index in [1.54, 1.807) is 41.5 Å². The average Bonchev–Trinajstić information content (AvgIpc) is 3.11. The summed E-state index contributed by atoms with van der Waals surface area (Å²) in [7, 11) is 0. The van der Waals surface area contributed by atoms with Gasteiger partial charge in [0.2, 0.25) is 5.90 Å². The summed E-state index contributed by atoms with van der Waals surface area (Å²) in [4.78, 5) is 32.5. The quantitative estimate of drug-likeness (QED) is 0.272. The maximum atomic E-state index is 13.9. The number of nitriles is 1. The molecule has 1 aromatic carbocycles. The highest BCUT2D eigenvalue weighted by molar-refractivity contribution is 9.10. The van der Waals surface area contributed by atoms with E-state index in [0.717, 1.165) is 48.3 Å². The van der Waals surface area contributed by atoms with Gasteiger partial charge in [0.15, 0.2) is 5.60 Å². The first-order valence-electron chi connectivity index (χ1n) is 12.5. The third-order valence-electron chi connectivity index (χ3n) is 5.87. The van der Waals surface area contributed by atoms with Crippen LogP contribution in [0.15, 0.2) is 44.9 Å². The molecule has 3 rings (SSSR count). The van der Waals surface area contributed by atoms with Crippen LogP contribution in [0.3, 0.4) is 0 Å². The van der Waals surface area contributed by atoms with E-state index in [1.165, 1.54) is 0 Å². The Balaban J connectivity index is 2.32. The van der Waals surface area contributed by atoms with Crippen LogP contribution < -0.4 is 0 Å². The van der Waals surface area contributed by atoms with Gasteiger partial charge < -0.3 is 14.2 Å². The summed E-state index contributed by atoms with van der Waals surface area (Å²) in [5, 5.41) is 11.6. The lowest BCUT2D eigenvalue weighted by atomic mass is 9.86. The first kappa shape index (κ1) is 29.2. The Morgan fingerprint density at radius 2 is 1.62 bits per heavy atom. The molecule has 1 aromatic rings. The number of carbonyl (C=O) groups is 2. The van der Waals surface area contributed by atoms with Crippen LogP contribution in [0.25, 0.3) is 0 Å². The summed E-state index contributed by atoms with van der Waals surface area (Å²) in [6, 6.07) is 7.23. The number of benzene rings is 1. The highest BCUT2D eigenvalue weighted by Gasteiger charge is 2.55. The van der Waals surface area contributed by atoms with Crippen molar-refractivity contribution in [1.82, 2.24) is 0 Å². The summed E-state index contributed by atoms with van der Waals surface area (Å²) in [6.07, 6.45) is 4.95. The average molecular weight is 592 g/mol. The van der Waals surface area contributed by atoms with Gasteiger partial charge in [0.25, 0.3) is 0 Å². The van der Waals surface area contributed by atoms with Gasteiger partial charge in [0.05, 0.1) is 11.8 Å². The molecule has 0 radical (unpaired) electrons. The van der Waals surface area contributed by atoms with E-state index in [9.17, 15) is 14.9 Å². The highest BCUT2D eigenvalue weighted by atomic mass is 79.9. The molecule has 2 aliphatic rings. The molecule has 1 unspecified atom stereocenters. The van der Waals surface area contributed by atoms with Crippen molar-refractivity contribution in [2.45, 2.75) is 96.5 Å². The molecule has 200 valence electrons. The van der Waals surface area contributed by atoms with Crippen LogP contribution in [0.2, 0.25) is 0 Å². The molecule has 1 saturated carbocycles. The van der Waals surface area contributed by atoms with Crippen molar-refractivity contribution in [2.75, 3.05) is 5.75 Å². The van der Waals surface area contributed by atoms with E-state index in [0.29, 0.717) is 5.56 Å². The first-order chi connectivity index (χ1) is 17.3. The van der Waals surface area contributed by atoms with Gasteiger partial charge in [-0.2, -0.15) is 5.26 Å². The van der Waals surface area contributed by atoms with E-state index in [1.807, 2.05) is 24.3 Å². The third kappa shape index (κ3) is 7.38. The molecule has 37 heavy (non-hydrogen) atoms. The topological polar surface area (TPSA) is 98.0 Å². The van der Waals surface area contributed by atoms with Crippen LogP contribution in [-0.2, 0) is 29.4 Å². The van der Waals surface area contributed by atoms with E-state index in [-0.39, 0.29) is 28.8 Å². The Morgan fingerprint density at radius 3 is 2.16 bits per heavy atom. The zero-order chi connectivity index (χ0) is 27.4. The molecule has 0 saturated heterocycles. The summed E-state index contributed by atoms with van der Waals surface area (Å²) in [5.41, 5.74) is -2.53. The Bertz CT molecular complexity index is 1120. The van der Waals surface area contributed by atoms with Gasteiger partial charge in [-0.15, -0.1) is 0 Å². The largest absolute Gasteiger partial charge is 0.460 e. The monoisotopic (exact) mass is 590 g/mol. The molecule has 1 aliphatic carbocycles. The highest BCUT2D eigenvalue weighted by Crippen LogP contribution is 2.46. The van der Waals surface area contributed by atoms with Crippen LogP contribution in [0, 0.1) is 10.7 Å². The number of thioether (sulfide) groups is 1. The van der Waals surface area contributed by atoms with Crippen LogP contribution in [0.5, 0.6) is 0 Å². The maximum Gasteiger partial charge on any atom is 0.344 e. The third-order valence-corrected chi connectivity index (χ3v) is 7.08. The van der Waals surface area contributed by atoms with Crippen molar-refractivity contribution >= 4 is 45.5 Å². The fraction of sp³-hybridized carbons (Fsp3) is 0.571. The molecule has 1 heterocycles. The molecule has 0 spiro atoms. The lowest BCUT2D eigenvalue weighted by Crippen LogP contribution is -2.38. The minimum atomic E-state index is -1.47. The first-order valence-corrected chi connectivity index (χ1v) is 14.3. The van der Waals surface area contributed by atoms with Crippen LogP contribution in [-0.4, -0.2) is 40.8 Å². The molecular weight excluding hydrogens is 556 g/mol. The number of ether oxygens (including phenoxy) is 3. The van der Waals surface area contributed by atoms with E-state index in [4.69, 9.17) is 19.2 Å². The number of nitrogens with zero attached hydrogens (tertiary/aromatic N) is 2. The van der Waals surface area contributed by atoms with Gasteiger partial charge in [0, 0.05) is 10.0 Å². The second kappa shape index (κ2) is 11.6. The number of esters is 2. The van der Waals surface area contributed by atoms with Crippen molar-refractivity contribution in [2.24, 2.45) is 4.99 Å². The lowest BCUT2D eigenvalue weighted by Gasteiger charge is -2.31. The van der Waals surface area contributed by atoms with Gasteiger partial charge in [-0.1, -0.05) is 47.3 Å². The Kier molecular flexibility index (Phi) is 9.18. The molecule has 0 bridgehead atoms. The van der Waals surface area contributed by atoms with Gasteiger partial charge >= 0.3 is 11.9 Å². The number of halogens is 1. The van der Waals surface area contributed by atoms with Crippen molar-refractivity contribution in [3.8, 4) is 5.40 Å². The minimum absolute atomic E-state index is 0.0105. The smallest absolute Gasteiger partial charge is 0.344 e. The van der Waals surface area contributed by atoms with Gasteiger partial charge in [-0.3, -0.25) is 0 Å². The zero-order valence-electron chi connectivity index (χ0n) is 22.4. The summed E-state index contributed by atoms with van der Waals surface area (Å²) >= 11 is 4.39. The molecule has 0 amide bonds. The summed E-state index contributed by atoms with van der Waals surface area (Å²) in [5.74, 6) is -1.29. The molecule has 9 heteroatoms. The minimum Gasteiger partial charge on any atom is -0.460 e. The van der Waals surface area contributed by atoms with Crippen molar-refractivity contribution < 1.29 is 23.8 Å². The Labute approximate surface area is 232 Å². The fourth-order valence-corrected chi connectivity index (χ4v) is 5.30. The Morgan fingerprint density at radius 1 is 1.05 bits per heavy atom. The molecule has 1 fully saturated rings. The number of hydrogen-bond acceptors (Lipinski definition) is 8. The summed E-state index contributed by atoms with van der Waals surface area (Å²) in [6.45, 7) is 10.6. The molecular formula is C28H35BrN2O5S. The van der Waals surface area contributed by atoms with Gasteiger partial charge in [-0.25, -0.2) is 14.6 Å². The molecule has 0 N–H and O–H groups in total. The number of aliphatic imine (C=N–C) groups is 1. The normalized spacial score (nSPS) is 21.9. The molecule has 1 aliphatic heterocycles. The second-order valence-corrected chi connectivity index (χ2v) is 13.0. The Hall–Kier alpha value is -2.31. The SMILES string of the molecule is CC(C)(C)OC(=O)C1=C(C(=O)OC(C)(C)C)C(CSC#N)(c2ccc(Br)cc2)OC1=NC1CCCCC1. The number of carbonyl (C=O) groups excluding carboxylic acids is 2. The predicted molar refractivity (Wildman–Crippen MR) is 148 cm³/mol. The predicted octanol–water partition coefficient (Wildman–Crippen LogP) is 6.60. The number of thiocyanates is 1. The lowest BCUT2D eigenvalue weighted by molar-refractivity contribution is -0.154. The molecule has 7 nitrogen and oxygen atoms in total. The fourth-order valence-electron chi connectivity index (χ4n) is 4.40. The van der Waals surface area contributed by atoms with Gasteiger partial charge in [-0.05, 0) is 78.3 Å². The number of hydrogen-bond donors (Lipinski definition) is 0. The standard InChI is InChI=1S/C28H35BrN2O5S/c1-26(2,3)35-24(32)21-22(25(33)36-27(4,5)6)28(16-37-17-30,18-12-14-19(29)15-13-18)34-23(21)31-20-10-8-7-9-11-20/h12-15,20H,7-11,16H2,1-6H3. The van der Waals surface area contributed by atoms with Crippen molar-refractivity contribution in [3.05, 3.63) is 45.4 Å². The van der Waals surface area contributed by atoms with Crippen LogP contribution in [0.1, 0.15) is 79.2 Å². The van der Waals surface area contributed by atoms with E-state index >= 15 is 0 Å². The summed E-state index contributed by atoms with van der Waals surface area (Å²) < 4.78 is 19.0. The van der Waals surface area contributed by atoms with Crippen LogP contribution in [0.4, 0.5) is 0 Å². The van der Waals surface area contributed by atoms with Crippen molar-refractivity contribution in [1.29, 1.82) is 5.26 Å². The van der Waals surface area contributed by atoms with E-state index < -0.39 is 28.7 Å². The molecule has 1 atom stereocenters. The number of rotatable bonds is 6. The van der Waals surface area contributed by atoms with Crippen molar-refractivity contribution in [3.63, 3.8) is 0 Å².